The van der Waals surface area contributed by atoms with Crippen LogP contribution in [-0.4, -0.2) is 12.6 Å². The van der Waals surface area contributed by atoms with E-state index in [9.17, 15) is 4.79 Å². The second-order valence-corrected chi connectivity index (χ2v) is 7.00. The van der Waals surface area contributed by atoms with Crippen molar-refractivity contribution in [2.45, 2.75) is 51.9 Å². The molecular weight excluding hydrogens is 248 g/mol. The van der Waals surface area contributed by atoms with Gasteiger partial charge < -0.3 is 4.74 Å². The molecule has 0 radical (unpaired) electrons. The van der Waals surface area contributed by atoms with Crippen molar-refractivity contribution >= 4 is 5.97 Å². The van der Waals surface area contributed by atoms with E-state index >= 15 is 0 Å². The fourth-order valence-corrected chi connectivity index (χ4v) is 5.00. The van der Waals surface area contributed by atoms with Gasteiger partial charge in [-0.3, -0.25) is 0 Å². The zero-order chi connectivity index (χ0) is 14.0. The number of fused-ring (bicyclic) bond motifs is 2. The Hall–Kier alpha value is -1.05. The van der Waals surface area contributed by atoms with Crippen molar-refractivity contribution < 1.29 is 9.53 Å². The largest absolute Gasteiger partial charge is 0.463 e. The standard InChI is InChI=1S/C18H26O2/c1-2-20-17(19)8-3-4-9-18-11-14-6-5-7-15(12-18)16(10-14)13-18/h3-4,8-9,14-16H,2,5-7,10-13H2,1H3/b8-3+,9-4+. The molecule has 2 nitrogen and oxygen atoms in total. The minimum atomic E-state index is -0.237. The third kappa shape index (κ3) is 2.84. The molecule has 110 valence electrons. The van der Waals surface area contributed by atoms with Gasteiger partial charge in [-0.2, -0.15) is 0 Å². The molecule has 0 saturated heterocycles. The molecule has 3 aliphatic carbocycles. The molecule has 3 saturated carbocycles. The quantitative estimate of drug-likeness (QED) is 0.435. The predicted molar refractivity (Wildman–Crippen MR) is 80.1 cm³/mol. The maximum absolute atomic E-state index is 11.3. The first-order valence-electron chi connectivity index (χ1n) is 8.23. The second kappa shape index (κ2) is 5.75. The Labute approximate surface area is 122 Å². The fraction of sp³-hybridized carbons (Fsp3) is 0.722. The van der Waals surface area contributed by atoms with Crippen molar-refractivity contribution in [2.24, 2.45) is 23.2 Å². The molecule has 0 aromatic rings. The molecule has 0 amide bonds. The van der Waals surface area contributed by atoms with Gasteiger partial charge in [0.2, 0.25) is 0 Å². The van der Waals surface area contributed by atoms with Crippen LogP contribution < -0.4 is 0 Å². The normalized spacial score (nSPS) is 39.5. The predicted octanol–water partition coefficient (Wildman–Crippen LogP) is 4.27. The summed E-state index contributed by atoms with van der Waals surface area (Å²) in [5.41, 5.74) is 0.442. The third-order valence-electron chi connectivity index (χ3n) is 5.60. The molecule has 0 N–H and O–H groups in total. The lowest BCUT2D eigenvalue weighted by Crippen LogP contribution is -2.24. The maximum Gasteiger partial charge on any atom is 0.330 e. The Morgan fingerprint density at radius 3 is 2.90 bits per heavy atom. The molecule has 0 aliphatic heterocycles. The van der Waals surface area contributed by atoms with Gasteiger partial charge in [-0.05, 0) is 55.8 Å². The Bertz CT molecular complexity index is 419. The molecule has 3 rings (SSSR count). The van der Waals surface area contributed by atoms with Gasteiger partial charge >= 0.3 is 5.97 Å². The maximum atomic E-state index is 11.3. The Balaban J connectivity index is 1.64. The molecular formula is C18H26O2. The van der Waals surface area contributed by atoms with Gasteiger partial charge in [0.05, 0.1) is 6.61 Å². The topological polar surface area (TPSA) is 26.3 Å². The van der Waals surface area contributed by atoms with Gasteiger partial charge in [0, 0.05) is 6.08 Å². The van der Waals surface area contributed by atoms with Crippen LogP contribution in [0.1, 0.15) is 51.9 Å². The van der Waals surface area contributed by atoms with Crippen molar-refractivity contribution in [3.05, 3.63) is 24.3 Å². The lowest BCUT2D eigenvalue weighted by molar-refractivity contribution is -0.137. The summed E-state index contributed by atoms with van der Waals surface area (Å²) in [5.74, 6) is 2.68. The molecule has 0 aromatic heterocycles. The summed E-state index contributed by atoms with van der Waals surface area (Å²) in [6.45, 7) is 2.28. The summed E-state index contributed by atoms with van der Waals surface area (Å²) in [6.07, 6.45) is 17.9. The highest BCUT2D eigenvalue weighted by molar-refractivity contribution is 5.82. The van der Waals surface area contributed by atoms with Crippen LogP contribution in [-0.2, 0) is 9.53 Å². The van der Waals surface area contributed by atoms with E-state index in [1.165, 1.54) is 51.0 Å². The molecule has 3 bridgehead atoms. The van der Waals surface area contributed by atoms with Crippen LogP contribution >= 0.6 is 0 Å². The Kier molecular flexibility index (Phi) is 4.00. The van der Waals surface area contributed by atoms with E-state index < -0.39 is 0 Å². The van der Waals surface area contributed by atoms with Gasteiger partial charge in [-0.25, -0.2) is 4.79 Å². The number of hydrogen-bond acceptors (Lipinski definition) is 2. The summed E-state index contributed by atoms with van der Waals surface area (Å²) in [4.78, 5) is 11.3. The smallest absolute Gasteiger partial charge is 0.330 e. The number of rotatable bonds is 4. The van der Waals surface area contributed by atoms with E-state index in [0.29, 0.717) is 12.0 Å². The highest BCUT2D eigenvalue weighted by atomic mass is 16.5. The first-order chi connectivity index (χ1) is 9.71. The average molecular weight is 274 g/mol. The molecule has 0 heterocycles. The zero-order valence-electron chi connectivity index (χ0n) is 12.5. The second-order valence-electron chi connectivity index (χ2n) is 7.00. The van der Waals surface area contributed by atoms with E-state index in [4.69, 9.17) is 4.74 Å². The molecule has 4 atom stereocenters. The van der Waals surface area contributed by atoms with Gasteiger partial charge in [-0.15, -0.1) is 0 Å². The van der Waals surface area contributed by atoms with Gasteiger partial charge in [-0.1, -0.05) is 37.5 Å². The fourth-order valence-electron chi connectivity index (χ4n) is 5.00. The van der Waals surface area contributed by atoms with Gasteiger partial charge in [0.1, 0.15) is 0 Å². The number of carbonyl (C=O) groups excluding carboxylic acids is 1. The molecule has 0 spiro atoms. The van der Waals surface area contributed by atoms with Gasteiger partial charge in [0.15, 0.2) is 0 Å². The molecule has 3 fully saturated rings. The zero-order valence-corrected chi connectivity index (χ0v) is 12.5. The van der Waals surface area contributed by atoms with E-state index in [1.807, 2.05) is 13.0 Å². The highest BCUT2D eigenvalue weighted by Crippen LogP contribution is 2.60. The molecule has 4 unspecified atom stereocenters. The van der Waals surface area contributed by atoms with Crippen LogP contribution in [0.25, 0.3) is 0 Å². The lowest BCUT2D eigenvalue weighted by atomic mass is 9.69. The first kappa shape index (κ1) is 13.9. The van der Waals surface area contributed by atoms with Crippen LogP contribution in [0.5, 0.6) is 0 Å². The summed E-state index contributed by atoms with van der Waals surface area (Å²) < 4.78 is 4.89. The van der Waals surface area contributed by atoms with Crippen LogP contribution in [0.4, 0.5) is 0 Å². The SMILES string of the molecule is CCOC(=O)/C=C/C=C/C12CC3CCCC(C1)C(C3)C2. The lowest BCUT2D eigenvalue weighted by Gasteiger charge is -2.35. The summed E-state index contributed by atoms with van der Waals surface area (Å²) in [7, 11) is 0. The molecule has 20 heavy (non-hydrogen) atoms. The number of esters is 1. The first-order valence-corrected chi connectivity index (χ1v) is 8.23. The summed E-state index contributed by atoms with van der Waals surface area (Å²) in [5, 5.41) is 0. The molecule has 3 aliphatic rings. The monoisotopic (exact) mass is 274 g/mol. The minimum absolute atomic E-state index is 0.237. The van der Waals surface area contributed by atoms with Crippen LogP contribution in [0.15, 0.2) is 24.3 Å². The van der Waals surface area contributed by atoms with Crippen molar-refractivity contribution in [3.63, 3.8) is 0 Å². The summed E-state index contributed by atoms with van der Waals surface area (Å²) >= 11 is 0. The van der Waals surface area contributed by atoms with Crippen LogP contribution in [0.3, 0.4) is 0 Å². The van der Waals surface area contributed by atoms with Crippen molar-refractivity contribution in [1.29, 1.82) is 0 Å². The number of carbonyl (C=O) groups is 1. The van der Waals surface area contributed by atoms with E-state index in [2.05, 4.69) is 12.2 Å². The van der Waals surface area contributed by atoms with Crippen molar-refractivity contribution in [2.75, 3.05) is 6.61 Å². The van der Waals surface area contributed by atoms with Crippen LogP contribution in [0.2, 0.25) is 0 Å². The highest BCUT2D eigenvalue weighted by Gasteiger charge is 2.49. The Morgan fingerprint density at radius 2 is 2.05 bits per heavy atom. The third-order valence-corrected chi connectivity index (χ3v) is 5.60. The number of ether oxygens (including phenoxy) is 1. The molecule has 2 heteroatoms. The van der Waals surface area contributed by atoms with E-state index in [-0.39, 0.29) is 5.97 Å². The van der Waals surface area contributed by atoms with Crippen molar-refractivity contribution in [1.82, 2.24) is 0 Å². The van der Waals surface area contributed by atoms with E-state index in [1.54, 1.807) is 0 Å². The van der Waals surface area contributed by atoms with Crippen molar-refractivity contribution in [3.8, 4) is 0 Å². The Morgan fingerprint density at radius 1 is 1.20 bits per heavy atom. The number of allylic oxidation sites excluding steroid dienone is 3. The molecule has 0 aromatic carbocycles. The number of hydrogen-bond donors (Lipinski definition) is 0. The summed E-state index contributed by atoms with van der Waals surface area (Å²) in [6, 6.07) is 0. The van der Waals surface area contributed by atoms with E-state index in [0.717, 1.165) is 17.8 Å². The minimum Gasteiger partial charge on any atom is -0.463 e. The van der Waals surface area contributed by atoms with Gasteiger partial charge in [0.25, 0.3) is 0 Å². The average Bonchev–Trinajstić information content (AvgIpc) is 2.57. The van der Waals surface area contributed by atoms with Crippen LogP contribution in [0, 0.1) is 23.2 Å².